The fourth-order valence-corrected chi connectivity index (χ4v) is 4.41. The first-order valence-corrected chi connectivity index (χ1v) is 11.8. The number of carbonyl (C=O) groups excluding carboxylic acids is 1. The van der Waals surface area contributed by atoms with E-state index in [-0.39, 0.29) is 17.2 Å². The first kappa shape index (κ1) is 21.7. The van der Waals surface area contributed by atoms with Crippen LogP contribution in [0, 0.1) is 6.92 Å². The molecular formula is C24H24N2O5S. The minimum atomic E-state index is -3.81. The smallest absolute Gasteiger partial charge is 0.262 e. The number of rotatable bonds is 6. The Labute approximate surface area is 187 Å². The maximum absolute atomic E-state index is 12.8. The summed E-state index contributed by atoms with van der Waals surface area (Å²) in [6.07, 6.45) is 1.01. The number of hydrogen-bond acceptors (Lipinski definition) is 5. The zero-order chi connectivity index (χ0) is 22.6. The summed E-state index contributed by atoms with van der Waals surface area (Å²) in [5.41, 5.74) is 2.99. The van der Waals surface area contributed by atoms with Crippen molar-refractivity contribution in [3.63, 3.8) is 0 Å². The van der Waals surface area contributed by atoms with E-state index in [4.69, 9.17) is 9.47 Å². The lowest BCUT2D eigenvalue weighted by Crippen LogP contribution is -2.15. The lowest BCUT2D eigenvalue weighted by molar-refractivity contribution is -0.115. The minimum absolute atomic E-state index is 0.0809. The van der Waals surface area contributed by atoms with Crippen LogP contribution in [0.1, 0.15) is 17.5 Å². The number of aryl methyl sites for hydroxylation is 1. The third-order valence-electron chi connectivity index (χ3n) is 5.06. The highest BCUT2D eigenvalue weighted by Crippen LogP contribution is 2.32. The van der Waals surface area contributed by atoms with Gasteiger partial charge < -0.3 is 14.8 Å². The second-order valence-corrected chi connectivity index (χ2v) is 9.18. The number of hydrogen-bond donors (Lipinski definition) is 2. The third kappa shape index (κ3) is 5.20. The van der Waals surface area contributed by atoms with Crippen molar-refractivity contribution in [1.29, 1.82) is 0 Å². The average Bonchev–Trinajstić information content (AvgIpc) is 3.01. The Morgan fingerprint density at radius 3 is 2.34 bits per heavy atom. The SMILES string of the molecule is Cc1ccccc1CC(=O)Nc1ccc(NS(=O)(=O)c2ccc3c(c2)OCCCO3)cc1. The summed E-state index contributed by atoms with van der Waals surface area (Å²) in [7, 11) is -3.81. The Hall–Kier alpha value is -3.52. The summed E-state index contributed by atoms with van der Waals surface area (Å²) in [5.74, 6) is 0.809. The van der Waals surface area contributed by atoms with Crippen LogP contribution in [-0.2, 0) is 21.2 Å². The molecule has 1 aliphatic rings. The molecule has 4 rings (SSSR count). The molecule has 0 atom stereocenters. The van der Waals surface area contributed by atoms with E-state index in [0.717, 1.165) is 17.5 Å². The molecule has 2 N–H and O–H groups in total. The second kappa shape index (κ2) is 9.32. The predicted octanol–water partition coefficient (Wildman–Crippen LogP) is 4.14. The van der Waals surface area contributed by atoms with Crippen LogP contribution < -0.4 is 19.5 Å². The van der Waals surface area contributed by atoms with Crippen molar-refractivity contribution >= 4 is 27.3 Å². The van der Waals surface area contributed by atoms with Crippen LogP contribution in [0.15, 0.2) is 71.6 Å². The monoisotopic (exact) mass is 452 g/mol. The van der Waals surface area contributed by atoms with Crippen LogP contribution in [0.3, 0.4) is 0 Å². The van der Waals surface area contributed by atoms with Crippen LogP contribution >= 0.6 is 0 Å². The summed E-state index contributed by atoms with van der Waals surface area (Å²) in [4.78, 5) is 12.4. The number of sulfonamides is 1. The lowest BCUT2D eigenvalue weighted by atomic mass is 10.1. The Morgan fingerprint density at radius 2 is 1.59 bits per heavy atom. The van der Waals surface area contributed by atoms with Crippen molar-refractivity contribution in [2.75, 3.05) is 23.3 Å². The van der Waals surface area contributed by atoms with E-state index >= 15 is 0 Å². The van der Waals surface area contributed by atoms with Gasteiger partial charge in [-0.25, -0.2) is 8.42 Å². The van der Waals surface area contributed by atoms with Gasteiger partial charge in [0.25, 0.3) is 10.0 Å². The van der Waals surface area contributed by atoms with Crippen LogP contribution in [-0.4, -0.2) is 27.5 Å². The van der Waals surface area contributed by atoms with Gasteiger partial charge in [-0.05, 0) is 54.4 Å². The number of ether oxygens (including phenoxy) is 2. The number of amides is 1. The van der Waals surface area contributed by atoms with Crippen molar-refractivity contribution < 1.29 is 22.7 Å². The first-order chi connectivity index (χ1) is 15.4. The van der Waals surface area contributed by atoms with Crippen LogP contribution in [0.2, 0.25) is 0 Å². The van der Waals surface area contributed by atoms with Gasteiger partial charge in [0.15, 0.2) is 11.5 Å². The molecule has 0 bridgehead atoms. The van der Waals surface area contributed by atoms with Crippen molar-refractivity contribution in [3.05, 3.63) is 77.9 Å². The first-order valence-electron chi connectivity index (χ1n) is 10.3. The molecule has 0 fully saturated rings. The van der Waals surface area contributed by atoms with Gasteiger partial charge in [-0.2, -0.15) is 0 Å². The molecule has 0 aromatic heterocycles. The Kier molecular flexibility index (Phi) is 6.32. The highest BCUT2D eigenvalue weighted by molar-refractivity contribution is 7.92. The van der Waals surface area contributed by atoms with E-state index in [9.17, 15) is 13.2 Å². The predicted molar refractivity (Wildman–Crippen MR) is 123 cm³/mol. The Morgan fingerprint density at radius 1 is 0.906 bits per heavy atom. The number of anilines is 2. The van der Waals surface area contributed by atoms with E-state index in [1.54, 1.807) is 30.3 Å². The second-order valence-electron chi connectivity index (χ2n) is 7.49. The number of fused-ring (bicyclic) bond motifs is 1. The molecule has 3 aromatic carbocycles. The molecule has 1 aliphatic heterocycles. The summed E-state index contributed by atoms with van der Waals surface area (Å²) in [6.45, 7) is 2.97. The van der Waals surface area contributed by atoms with Crippen molar-refractivity contribution in [1.82, 2.24) is 0 Å². The molecule has 1 heterocycles. The van der Waals surface area contributed by atoms with Crippen LogP contribution in [0.25, 0.3) is 0 Å². The molecule has 0 radical (unpaired) electrons. The highest BCUT2D eigenvalue weighted by Gasteiger charge is 2.19. The molecule has 7 nitrogen and oxygen atoms in total. The molecule has 0 spiro atoms. The van der Waals surface area contributed by atoms with Crippen molar-refractivity contribution in [2.45, 2.75) is 24.7 Å². The van der Waals surface area contributed by atoms with E-state index < -0.39 is 10.0 Å². The fourth-order valence-electron chi connectivity index (χ4n) is 3.33. The molecule has 3 aromatic rings. The standard InChI is InChI=1S/C24H24N2O5S/c1-17-5-2-3-6-18(17)15-24(27)25-19-7-9-20(10-8-19)26-32(28,29)21-11-12-22-23(16-21)31-14-4-13-30-22/h2-3,5-12,16,26H,4,13-15H2,1H3,(H,25,27). The quantitative estimate of drug-likeness (QED) is 0.586. The van der Waals surface area contributed by atoms with Gasteiger partial charge in [0.2, 0.25) is 5.91 Å². The van der Waals surface area contributed by atoms with Crippen molar-refractivity contribution in [3.8, 4) is 11.5 Å². The van der Waals surface area contributed by atoms with Crippen LogP contribution in [0.5, 0.6) is 11.5 Å². The summed E-state index contributed by atoms with van der Waals surface area (Å²) in [6, 6.07) is 18.8. The summed E-state index contributed by atoms with van der Waals surface area (Å²) >= 11 is 0. The molecule has 0 saturated heterocycles. The minimum Gasteiger partial charge on any atom is -0.490 e. The molecule has 0 unspecified atom stereocenters. The largest absolute Gasteiger partial charge is 0.490 e. The molecule has 32 heavy (non-hydrogen) atoms. The van der Waals surface area contributed by atoms with Gasteiger partial charge in [0.1, 0.15) is 0 Å². The lowest BCUT2D eigenvalue weighted by Gasteiger charge is -2.12. The fraction of sp³-hybridized carbons (Fsp3) is 0.208. The van der Waals surface area contributed by atoms with E-state index in [1.165, 1.54) is 12.1 Å². The van der Waals surface area contributed by atoms with Gasteiger partial charge in [-0.3, -0.25) is 9.52 Å². The average molecular weight is 453 g/mol. The summed E-state index contributed by atoms with van der Waals surface area (Å²) in [5, 5.41) is 2.83. The van der Waals surface area contributed by atoms with Gasteiger partial charge in [-0.1, -0.05) is 24.3 Å². The third-order valence-corrected chi connectivity index (χ3v) is 6.44. The Balaban J connectivity index is 1.41. The number of nitrogens with one attached hydrogen (secondary N) is 2. The molecular weight excluding hydrogens is 428 g/mol. The van der Waals surface area contributed by atoms with E-state index in [0.29, 0.717) is 36.1 Å². The molecule has 8 heteroatoms. The van der Waals surface area contributed by atoms with Gasteiger partial charge in [0.05, 0.1) is 24.5 Å². The maximum atomic E-state index is 12.8. The molecule has 0 saturated carbocycles. The van der Waals surface area contributed by atoms with Gasteiger partial charge in [-0.15, -0.1) is 0 Å². The molecule has 0 aliphatic carbocycles. The zero-order valence-electron chi connectivity index (χ0n) is 17.6. The summed E-state index contributed by atoms with van der Waals surface area (Å²) < 4.78 is 39.3. The number of carbonyl (C=O) groups is 1. The molecule has 166 valence electrons. The van der Waals surface area contributed by atoms with Crippen molar-refractivity contribution in [2.24, 2.45) is 0 Å². The highest BCUT2D eigenvalue weighted by atomic mass is 32.2. The van der Waals surface area contributed by atoms with Gasteiger partial charge >= 0.3 is 0 Å². The van der Waals surface area contributed by atoms with E-state index in [2.05, 4.69) is 10.0 Å². The molecule has 1 amide bonds. The maximum Gasteiger partial charge on any atom is 0.262 e. The Bertz CT molecular complexity index is 1220. The van der Waals surface area contributed by atoms with E-state index in [1.807, 2.05) is 31.2 Å². The topological polar surface area (TPSA) is 93.7 Å². The number of benzene rings is 3. The van der Waals surface area contributed by atoms with Gasteiger partial charge in [0, 0.05) is 23.9 Å². The normalized spacial score (nSPS) is 13.2. The zero-order valence-corrected chi connectivity index (χ0v) is 18.4. The van der Waals surface area contributed by atoms with Crippen LogP contribution in [0.4, 0.5) is 11.4 Å².